The molecule has 0 radical (unpaired) electrons. The quantitative estimate of drug-likeness (QED) is 0.787. The van der Waals surface area contributed by atoms with Gasteiger partial charge in [0.1, 0.15) is 5.65 Å². The van der Waals surface area contributed by atoms with Crippen LogP contribution in [-0.2, 0) is 6.54 Å². The van der Waals surface area contributed by atoms with E-state index in [0.29, 0.717) is 23.4 Å². The molecule has 0 atom stereocenters. The number of rotatable bonds is 4. The summed E-state index contributed by atoms with van der Waals surface area (Å²) in [7, 11) is 0. The molecule has 1 N–H and O–H groups in total. The lowest BCUT2D eigenvalue weighted by Gasteiger charge is -2.15. The summed E-state index contributed by atoms with van der Waals surface area (Å²) in [5, 5.41) is 3.25. The van der Waals surface area contributed by atoms with Crippen LogP contribution in [0.4, 0.5) is 5.69 Å². The minimum atomic E-state index is -0.0982. The molecule has 0 aliphatic carbocycles. The van der Waals surface area contributed by atoms with Gasteiger partial charge in [0.2, 0.25) is 0 Å². The highest BCUT2D eigenvalue weighted by Gasteiger charge is 2.19. The Morgan fingerprint density at radius 3 is 2.62 bits per heavy atom. The first-order chi connectivity index (χ1) is 12.7. The number of nitrogens with one attached hydrogen (secondary N) is 1. The van der Waals surface area contributed by atoms with Crippen molar-refractivity contribution >= 4 is 17.2 Å². The summed E-state index contributed by atoms with van der Waals surface area (Å²) >= 11 is 0. The summed E-state index contributed by atoms with van der Waals surface area (Å²) in [6.45, 7) is 2.14. The number of carbonyl (C=O) groups excluding carboxylic acids is 1. The molecule has 3 aromatic rings. The molecule has 3 heterocycles. The van der Waals surface area contributed by atoms with Gasteiger partial charge in [0.25, 0.3) is 11.5 Å². The minimum Gasteiger partial charge on any atom is -0.379 e. The first-order valence-electron chi connectivity index (χ1n) is 8.81. The van der Waals surface area contributed by atoms with E-state index in [2.05, 4.69) is 10.3 Å². The fraction of sp³-hybridized carbons (Fsp3) is 0.250. The number of anilines is 1. The van der Waals surface area contributed by atoms with Crippen molar-refractivity contribution in [1.29, 1.82) is 0 Å². The van der Waals surface area contributed by atoms with Crippen molar-refractivity contribution < 1.29 is 4.79 Å². The van der Waals surface area contributed by atoms with Crippen molar-refractivity contribution in [3.05, 3.63) is 76.3 Å². The molecular weight excluding hydrogens is 328 g/mol. The molecule has 1 saturated heterocycles. The molecule has 0 spiro atoms. The minimum absolute atomic E-state index is 0.0956. The van der Waals surface area contributed by atoms with Gasteiger partial charge in [-0.25, -0.2) is 4.98 Å². The number of carbonyl (C=O) groups is 1. The second-order valence-corrected chi connectivity index (χ2v) is 6.44. The first kappa shape index (κ1) is 16.3. The molecule has 6 heteroatoms. The van der Waals surface area contributed by atoms with E-state index < -0.39 is 0 Å². The Balaban J connectivity index is 1.45. The van der Waals surface area contributed by atoms with Crippen molar-refractivity contribution in [2.75, 3.05) is 18.4 Å². The molecular formula is C20H20N4O2. The number of pyridine rings is 1. The van der Waals surface area contributed by atoms with E-state index in [4.69, 9.17) is 0 Å². The van der Waals surface area contributed by atoms with E-state index in [-0.39, 0.29) is 11.5 Å². The van der Waals surface area contributed by atoms with Crippen LogP contribution in [0.1, 0.15) is 28.9 Å². The number of likely N-dealkylation sites (tertiary alicyclic amines) is 1. The fourth-order valence-corrected chi connectivity index (χ4v) is 3.22. The molecule has 26 heavy (non-hydrogen) atoms. The highest BCUT2D eigenvalue weighted by atomic mass is 16.2. The number of amides is 1. The normalized spacial score (nSPS) is 13.9. The third-order valence-corrected chi connectivity index (χ3v) is 4.62. The van der Waals surface area contributed by atoms with Crippen LogP contribution < -0.4 is 10.9 Å². The maximum absolute atomic E-state index is 12.4. The Labute approximate surface area is 151 Å². The van der Waals surface area contributed by atoms with E-state index in [9.17, 15) is 9.59 Å². The van der Waals surface area contributed by atoms with Crippen molar-refractivity contribution in [3.63, 3.8) is 0 Å². The molecule has 4 rings (SSSR count). The predicted octanol–water partition coefficient (Wildman–Crippen LogP) is 2.54. The molecule has 1 amide bonds. The zero-order chi connectivity index (χ0) is 17.9. The average molecular weight is 348 g/mol. The molecule has 0 saturated carbocycles. The van der Waals surface area contributed by atoms with Crippen molar-refractivity contribution in [3.8, 4) is 0 Å². The molecule has 1 fully saturated rings. The third kappa shape index (κ3) is 3.31. The SMILES string of the molecule is O=C(c1ccc(NCc2cc(=O)n3ccccc3n2)cc1)N1CCCC1. The lowest BCUT2D eigenvalue weighted by Crippen LogP contribution is -2.27. The van der Waals surface area contributed by atoms with Gasteiger partial charge in [-0.15, -0.1) is 0 Å². The van der Waals surface area contributed by atoms with Crippen molar-refractivity contribution in [2.24, 2.45) is 0 Å². The molecule has 1 aromatic carbocycles. The lowest BCUT2D eigenvalue weighted by atomic mass is 10.2. The zero-order valence-corrected chi connectivity index (χ0v) is 14.4. The number of benzene rings is 1. The van der Waals surface area contributed by atoms with Crippen LogP contribution >= 0.6 is 0 Å². The second kappa shape index (κ2) is 7.00. The summed E-state index contributed by atoms with van der Waals surface area (Å²) in [4.78, 5) is 30.9. The predicted molar refractivity (Wildman–Crippen MR) is 100 cm³/mol. The van der Waals surface area contributed by atoms with Crippen LogP contribution in [0.5, 0.6) is 0 Å². The Bertz CT molecular complexity index is 989. The zero-order valence-electron chi connectivity index (χ0n) is 14.4. The number of hydrogen-bond acceptors (Lipinski definition) is 4. The highest BCUT2D eigenvalue weighted by molar-refractivity contribution is 5.94. The van der Waals surface area contributed by atoms with Gasteiger partial charge in [-0.05, 0) is 49.2 Å². The summed E-state index contributed by atoms with van der Waals surface area (Å²) in [6.07, 6.45) is 3.88. The third-order valence-electron chi connectivity index (χ3n) is 4.62. The van der Waals surface area contributed by atoms with Gasteiger partial charge >= 0.3 is 0 Å². The Morgan fingerprint density at radius 2 is 1.85 bits per heavy atom. The Kier molecular flexibility index (Phi) is 4.39. The fourth-order valence-electron chi connectivity index (χ4n) is 3.22. The van der Waals surface area contributed by atoms with Gasteiger partial charge in [-0.2, -0.15) is 0 Å². The van der Waals surface area contributed by atoms with Crippen LogP contribution in [-0.4, -0.2) is 33.3 Å². The lowest BCUT2D eigenvalue weighted by molar-refractivity contribution is 0.0793. The van der Waals surface area contributed by atoms with E-state index in [0.717, 1.165) is 31.6 Å². The van der Waals surface area contributed by atoms with Gasteiger partial charge < -0.3 is 10.2 Å². The monoisotopic (exact) mass is 348 g/mol. The maximum atomic E-state index is 12.4. The molecule has 132 valence electrons. The van der Waals surface area contributed by atoms with Gasteiger partial charge in [0, 0.05) is 36.6 Å². The maximum Gasteiger partial charge on any atom is 0.258 e. The number of fused-ring (bicyclic) bond motifs is 1. The van der Waals surface area contributed by atoms with Gasteiger partial charge in [-0.3, -0.25) is 14.0 Å². The standard InChI is InChI=1S/C20H20N4O2/c25-19-13-17(22-18-5-1-2-12-24(18)19)14-21-16-8-6-15(7-9-16)20(26)23-10-3-4-11-23/h1-2,5-9,12-13,21H,3-4,10-11,14H2. The molecule has 0 unspecified atom stereocenters. The Hall–Kier alpha value is -3.15. The molecule has 2 aromatic heterocycles. The van der Waals surface area contributed by atoms with E-state index in [1.165, 1.54) is 10.5 Å². The smallest absolute Gasteiger partial charge is 0.258 e. The summed E-state index contributed by atoms with van der Waals surface area (Å²) in [6, 6.07) is 14.5. The molecule has 1 aliphatic heterocycles. The number of nitrogens with zero attached hydrogens (tertiary/aromatic N) is 3. The molecule has 6 nitrogen and oxygen atoms in total. The van der Waals surface area contributed by atoms with Gasteiger partial charge in [0.15, 0.2) is 0 Å². The molecule has 0 bridgehead atoms. The largest absolute Gasteiger partial charge is 0.379 e. The topological polar surface area (TPSA) is 66.7 Å². The average Bonchev–Trinajstić information content (AvgIpc) is 3.21. The van der Waals surface area contributed by atoms with Crippen molar-refractivity contribution in [1.82, 2.24) is 14.3 Å². The van der Waals surface area contributed by atoms with Crippen LogP contribution in [0, 0.1) is 0 Å². The molecule has 1 aliphatic rings. The van der Waals surface area contributed by atoms with Gasteiger partial charge in [0.05, 0.1) is 12.2 Å². The summed E-state index contributed by atoms with van der Waals surface area (Å²) in [5.41, 5.74) is 2.80. The second-order valence-electron chi connectivity index (χ2n) is 6.44. The van der Waals surface area contributed by atoms with E-state index >= 15 is 0 Å². The number of aromatic nitrogens is 2. The summed E-state index contributed by atoms with van der Waals surface area (Å²) < 4.78 is 1.52. The number of hydrogen-bond donors (Lipinski definition) is 1. The first-order valence-corrected chi connectivity index (χ1v) is 8.81. The van der Waals surface area contributed by atoms with E-state index in [1.54, 1.807) is 12.3 Å². The van der Waals surface area contributed by atoms with Crippen LogP contribution in [0.15, 0.2) is 59.5 Å². The van der Waals surface area contributed by atoms with Crippen LogP contribution in [0.3, 0.4) is 0 Å². The van der Waals surface area contributed by atoms with Crippen LogP contribution in [0.2, 0.25) is 0 Å². The highest BCUT2D eigenvalue weighted by Crippen LogP contribution is 2.16. The van der Waals surface area contributed by atoms with E-state index in [1.807, 2.05) is 41.3 Å². The summed E-state index contributed by atoms with van der Waals surface area (Å²) in [5.74, 6) is 0.0956. The van der Waals surface area contributed by atoms with Crippen LogP contribution in [0.25, 0.3) is 5.65 Å². The Morgan fingerprint density at radius 1 is 1.08 bits per heavy atom. The van der Waals surface area contributed by atoms with Gasteiger partial charge in [-0.1, -0.05) is 6.07 Å². The van der Waals surface area contributed by atoms with Crippen molar-refractivity contribution in [2.45, 2.75) is 19.4 Å².